The van der Waals surface area contributed by atoms with E-state index in [2.05, 4.69) is 24.2 Å². The zero-order valence-corrected chi connectivity index (χ0v) is 11.4. The van der Waals surface area contributed by atoms with E-state index in [1.165, 1.54) is 0 Å². The topological polar surface area (TPSA) is 56.7 Å². The van der Waals surface area contributed by atoms with Crippen LogP contribution in [-0.4, -0.2) is 15.0 Å². The second-order valence-corrected chi connectivity index (χ2v) is 4.94. The Bertz CT molecular complexity index is 534. The molecule has 0 fully saturated rings. The fourth-order valence-corrected chi connectivity index (χ4v) is 2.23. The predicted octanol–water partition coefficient (Wildman–Crippen LogP) is 2.56. The Labute approximate surface area is 112 Å². The van der Waals surface area contributed by atoms with E-state index in [9.17, 15) is 0 Å². The molecular weight excluding hydrogens is 248 g/mol. The molecule has 2 rings (SSSR count). The Hall–Kier alpha value is -1.39. The smallest absolute Gasteiger partial charge is 0.0997 e. The molecule has 0 spiro atoms. The van der Waals surface area contributed by atoms with Gasteiger partial charge in [0.1, 0.15) is 0 Å². The highest BCUT2D eigenvalue weighted by Crippen LogP contribution is 2.21. The van der Waals surface area contributed by atoms with Crippen LogP contribution in [0.3, 0.4) is 0 Å². The number of halogens is 1. The number of hydrogen-bond acceptors (Lipinski definition) is 3. The zero-order valence-electron chi connectivity index (χ0n) is 10.6. The Morgan fingerprint density at radius 1 is 1.33 bits per heavy atom. The average molecular weight is 265 g/mol. The molecule has 0 aliphatic carbocycles. The molecule has 0 amide bonds. The minimum absolute atomic E-state index is 0.334. The van der Waals surface area contributed by atoms with Crippen LogP contribution in [0.1, 0.15) is 36.7 Å². The third-order valence-corrected chi connectivity index (χ3v) is 3.23. The van der Waals surface area contributed by atoms with Gasteiger partial charge in [0.2, 0.25) is 0 Å². The normalized spacial score (nSPS) is 11.2. The molecule has 0 aliphatic rings. The van der Waals surface area contributed by atoms with Crippen molar-refractivity contribution in [2.24, 2.45) is 5.73 Å². The van der Waals surface area contributed by atoms with Crippen molar-refractivity contribution in [1.29, 1.82) is 0 Å². The molecule has 2 N–H and O–H groups in total. The second-order valence-electron chi connectivity index (χ2n) is 4.53. The molecule has 5 heteroatoms. The molecule has 1 aromatic carbocycles. The molecule has 0 bridgehead atoms. The Balaban J connectivity index is 2.35. The molecule has 0 saturated heterocycles. The molecule has 0 radical (unpaired) electrons. The molecule has 18 heavy (non-hydrogen) atoms. The van der Waals surface area contributed by atoms with Crippen LogP contribution < -0.4 is 5.73 Å². The van der Waals surface area contributed by atoms with Crippen molar-refractivity contribution in [3.05, 3.63) is 46.2 Å². The van der Waals surface area contributed by atoms with Crippen LogP contribution >= 0.6 is 11.6 Å². The highest BCUT2D eigenvalue weighted by Gasteiger charge is 2.15. The summed E-state index contributed by atoms with van der Waals surface area (Å²) in [6, 6.07) is 7.77. The van der Waals surface area contributed by atoms with Gasteiger partial charge in [-0.15, -0.1) is 5.10 Å². The molecule has 1 heterocycles. The lowest BCUT2D eigenvalue weighted by molar-refractivity contribution is 0.597. The van der Waals surface area contributed by atoms with Crippen molar-refractivity contribution in [1.82, 2.24) is 15.0 Å². The van der Waals surface area contributed by atoms with Gasteiger partial charge in [0.05, 0.1) is 17.9 Å². The highest BCUT2D eigenvalue weighted by molar-refractivity contribution is 6.31. The molecule has 96 valence electrons. The maximum atomic E-state index is 6.16. The van der Waals surface area contributed by atoms with Gasteiger partial charge < -0.3 is 5.73 Å². The lowest BCUT2D eigenvalue weighted by Crippen LogP contribution is -2.10. The highest BCUT2D eigenvalue weighted by atomic mass is 35.5. The quantitative estimate of drug-likeness (QED) is 0.923. The monoisotopic (exact) mass is 264 g/mol. The van der Waals surface area contributed by atoms with E-state index in [-0.39, 0.29) is 0 Å². The van der Waals surface area contributed by atoms with E-state index in [4.69, 9.17) is 17.3 Å². The fraction of sp³-hybridized carbons (Fsp3) is 0.385. The van der Waals surface area contributed by atoms with Crippen LogP contribution in [0.5, 0.6) is 0 Å². The summed E-state index contributed by atoms with van der Waals surface area (Å²) in [5.74, 6) is 0.334. The van der Waals surface area contributed by atoms with Crippen molar-refractivity contribution in [2.75, 3.05) is 0 Å². The van der Waals surface area contributed by atoms with Gasteiger partial charge in [-0.3, -0.25) is 0 Å². The molecule has 0 aliphatic heterocycles. The number of benzene rings is 1. The van der Waals surface area contributed by atoms with Crippen molar-refractivity contribution in [3.63, 3.8) is 0 Å². The number of aromatic nitrogens is 3. The zero-order chi connectivity index (χ0) is 13.1. The number of hydrogen-bond donors (Lipinski definition) is 1. The molecule has 0 atom stereocenters. The van der Waals surface area contributed by atoms with E-state index in [0.29, 0.717) is 19.0 Å². The van der Waals surface area contributed by atoms with Gasteiger partial charge in [0.15, 0.2) is 0 Å². The molecule has 2 aromatic rings. The van der Waals surface area contributed by atoms with Crippen molar-refractivity contribution in [3.8, 4) is 0 Å². The summed E-state index contributed by atoms with van der Waals surface area (Å²) in [5.41, 5.74) is 8.66. The molecule has 1 aromatic heterocycles. The Morgan fingerprint density at radius 2 is 2.06 bits per heavy atom. The van der Waals surface area contributed by atoms with Crippen LogP contribution in [0.4, 0.5) is 0 Å². The first-order chi connectivity index (χ1) is 8.63. The van der Waals surface area contributed by atoms with E-state index in [1.54, 1.807) is 0 Å². The molecular formula is C13H17ClN4. The van der Waals surface area contributed by atoms with Crippen LogP contribution in [0.25, 0.3) is 0 Å². The standard InChI is InChI=1S/C13H17ClN4/c1-9(2)13-12(7-15)16-17-18(13)8-10-5-3-4-6-11(10)14/h3-6,9H,7-8,15H2,1-2H3. The van der Waals surface area contributed by atoms with Crippen LogP contribution in [-0.2, 0) is 13.1 Å². The first kappa shape index (κ1) is 13.1. The lowest BCUT2D eigenvalue weighted by Gasteiger charge is -2.11. The van der Waals surface area contributed by atoms with Crippen molar-refractivity contribution < 1.29 is 0 Å². The van der Waals surface area contributed by atoms with Crippen LogP contribution in [0.2, 0.25) is 5.02 Å². The first-order valence-corrected chi connectivity index (χ1v) is 6.37. The summed E-state index contributed by atoms with van der Waals surface area (Å²) < 4.78 is 1.88. The van der Waals surface area contributed by atoms with Gasteiger partial charge in [0, 0.05) is 11.6 Å². The molecule has 0 saturated carbocycles. The van der Waals surface area contributed by atoms with Gasteiger partial charge in [-0.1, -0.05) is 48.9 Å². The van der Waals surface area contributed by atoms with Gasteiger partial charge in [-0.05, 0) is 17.5 Å². The molecule has 0 unspecified atom stereocenters. The van der Waals surface area contributed by atoms with Gasteiger partial charge >= 0.3 is 0 Å². The number of nitrogens with zero attached hydrogens (tertiary/aromatic N) is 3. The van der Waals surface area contributed by atoms with Gasteiger partial charge in [0.25, 0.3) is 0 Å². The molecule has 4 nitrogen and oxygen atoms in total. The van der Waals surface area contributed by atoms with E-state index >= 15 is 0 Å². The second kappa shape index (κ2) is 5.50. The number of nitrogens with two attached hydrogens (primary N) is 1. The average Bonchev–Trinajstić information content (AvgIpc) is 2.75. The fourth-order valence-electron chi connectivity index (χ4n) is 2.04. The maximum absolute atomic E-state index is 6.16. The van der Waals surface area contributed by atoms with Crippen molar-refractivity contribution >= 4 is 11.6 Å². The minimum Gasteiger partial charge on any atom is -0.325 e. The van der Waals surface area contributed by atoms with Gasteiger partial charge in [-0.2, -0.15) is 0 Å². The summed E-state index contributed by atoms with van der Waals surface area (Å²) in [5, 5.41) is 9.05. The Kier molecular flexibility index (Phi) is 3.99. The Morgan fingerprint density at radius 3 is 2.67 bits per heavy atom. The summed E-state index contributed by atoms with van der Waals surface area (Å²) in [6.07, 6.45) is 0. The van der Waals surface area contributed by atoms with Crippen LogP contribution in [0, 0.1) is 0 Å². The summed E-state index contributed by atoms with van der Waals surface area (Å²) in [7, 11) is 0. The minimum atomic E-state index is 0.334. The summed E-state index contributed by atoms with van der Waals surface area (Å²) >= 11 is 6.16. The SMILES string of the molecule is CC(C)c1c(CN)nnn1Cc1ccccc1Cl. The third-order valence-electron chi connectivity index (χ3n) is 2.87. The third kappa shape index (κ3) is 2.54. The lowest BCUT2D eigenvalue weighted by atomic mass is 10.1. The van der Waals surface area contributed by atoms with Gasteiger partial charge in [-0.25, -0.2) is 4.68 Å². The summed E-state index contributed by atoms with van der Waals surface area (Å²) in [6.45, 7) is 5.26. The van der Waals surface area contributed by atoms with E-state index < -0.39 is 0 Å². The largest absolute Gasteiger partial charge is 0.325 e. The van der Waals surface area contributed by atoms with Crippen LogP contribution in [0.15, 0.2) is 24.3 Å². The summed E-state index contributed by atoms with van der Waals surface area (Å²) in [4.78, 5) is 0. The number of rotatable bonds is 4. The maximum Gasteiger partial charge on any atom is 0.0997 e. The predicted molar refractivity (Wildman–Crippen MR) is 72.6 cm³/mol. The van der Waals surface area contributed by atoms with E-state index in [1.807, 2.05) is 28.9 Å². The van der Waals surface area contributed by atoms with E-state index in [0.717, 1.165) is 22.0 Å². The van der Waals surface area contributed by atoms with Crippen molar-refractivity contribution in [2.45, 2.75) is 32.9 Å². The first-order valence-electron chi connectivity index (χ1n) is 5.99.